The second-order valence-corrected chi connectivity index (χ2v) is 5.09. The second kappa shape index (κ2) is 5.07. The molecule has 0 radical (unpaired) electrons. The predicted octanol–water partition coefficient (Wildman–Crippen LogP) is 1.71. The van der Waals surface area contributed by atoms with Crippen molar-refractivity contribution in [1.29, 1.82) is 0 Å². The van der Waals surface area contributed by atoms with Gasteiger partial charge in [-0.05, 0) is 38.6 Å². The van der Waals surface area contributed by atoms with E-state index in [1.807, 2.05) is 12.1 Å². The first-order valence-electron chi connectivity index (χ1n) is 6.28. The van der Waals surface area contributed by atoms with Crippen molar-refractivity contribution in [3.63, 3.8) is 0 Å². The molecule has 3 heteroatoms. The van der Waals surface area contributed by atoms with E-state index in [4.69, 9.17) is 5.11 Å². The average molecular weight is 234 g/mol. The quantitative estimate of drug-likeness (QED) is 0.844. The molecule has 1 fully saturated rings. The summed E-state index contributed by atoms with van der Waals surface area (Å²) in [5, 5.41) is 9.04. The lowest BCUT2D eigenvalue weighted by Gasteiger charge is -2.43. The normalized spacial score (nSPS) is 26.2. The third-order valence-corrected chi connectivity index (χ3v) is 3.84. The summed E-state index contributed by atoms with van der Waals surface area (Å²) < 4.78 is 0. The molecule has 2 atom stereocenters. The van der Waals surface area contributed by atoms with Crippen LogP contribution in [0.1, 0.15) is 19.4 Å². The number of aliphatic hydroxyl groups is 1. The van der Waals surface area contributed by atoms with Crippen molar-refractivity contribution >= 4 is 5.69 Å². The second-order valence-electron chi connectivity index (χ2n) is 5.09. The van der Waals surface area contributed by atoms with Crippen molar-refractivity contribution in [2.45, 2.75) is 32.5 Å². The van der Waals surface area contributed by atoms with Gasteiger partial charge in [-0.1, -0.05) is 12.1 Å². The highest BCUT2D eigenvalue weighted by atomic mass is 16.3. The largest absolute Gasteiger partial charge is 0.392 e. The van der Waals surface area contributed by atoms with Crippen molar-refractivity contribution in [2.75, 3.05) is 25.0 Å². The van der Waals surface area contributed by atoms with Crippen molar-refractivity contribution in [1.82, 2.24) is 4.90 Å². The minimum atomic E-state index is 0.121. The summed E-state index contributed by atoms with van der Waals surface area (Å²) in [6.45, 7) is 6.80. The zero-order valence-electron chi connectivity index (χ0n) is 10.9. The number of anilines is 1. The van der Waals surface area contributed by atoms with Crippen LogP contribution < -0.4 is 4.90 Å². The van der Waals surface area contributed by atoms with E-state index in [9.17, 15) is 0 Å². The van der Waals surface area contributed by atoms with Crippen LogP contribution in [-0.4, -0.2) is 42.2 Å². The Morgan fingerprint density at radius 2 is 1.65 bits per heavy atom. The van der Waals surface area contributed by atoms with E-state index in [0.717, 1.165) is 18.7 Å². The number of benzene rings is 1. The van der Waals surface area contributed by atoms with Gasteiger partial charge in [0.15, 0.2) is 0 Å². The van der Waals surface area contributed by atoms with E-state index in [2.05, 4.69) is 42.8 Å². The summed E-state index contributed by atoms with van der Waals surface area (Å²) in [6.07, 6.45) is 0. The minimum Gasteiger partial charge on any atom is -0.392 e. The number of aliphatic hydroxyl groups excluding tert-OH is 1. The topological polar surface area (TPSA) is 26.7 Å². The maximum atomic E-state index is 9.04. The van der Waals surface area contributed by atoms with Crippen LogP contribution in [0.25, 0.3) is 0 Å². The van der Waals surface area contributed by atoms with Crippen molar-refractivity contribution < 1.29 is 5.11 Å². The molecule has 1 aromatic carbocycles. The van der Waals surface area contributed by atoms with Gasteiger partial charge in [-0.25, -0.2) is 0 Å². The van der Waals surface area contributed by atoms with Crippen LogP contribution in [0.3, 0.4) is 0 Å². The van der Waals surface area contributed by atoms with Gasteiger partial charge in [-0.2, -0.15) is 0 Å². The predicted molar refractivity (Wildman–Crippen MR) is 71.3 cm³/mol. The number of piperazine rings is 1. The zero-order chi connectivity index (χ0) is 12.4. The van der Waals surface area contributed by atoms with Crippen molar-refractivity contribution in [2.24, 2.45) is 0 Å². The molecule has 1 N–H and O–H groups in total. The Morgan fingerprint density at radius 1 is 1.12 bits per heavy atom. The van der Waals surface area contributed by atoms with Gasteiger partial charge in [0, 0.05) is 30.9 Å². The fourth-order valence-electron chi connectivity index (χ4n) is 2.43. The summed E-state index contributed by atoms with van der Waals surface area (Å²) in [7, 11) is 2.20. The smallest absolute Gasteiger partial charge is 0.0681 e. The lowest BCUT2D eigenvalue weighted by molar-refractivity contribution is 0.170. The van der Waals surface area contributed by atoms with Crippen molar-refractivity contribution in [3.05, 3.63) is 29.8 Å². The molecule has 3 nitrogen and oxygen atoms in total. The lowest BCUT2D eigenvalue weighted by Crippen LogP contribution is -2.55. The molecular formula is C14H22N2O. The van der Waals surface area contributed by atoms with Crippen molar-refractivity contribution in [3.8, 4) is 0 Å². The first-order chi connectivity index (χ1) is 8.11. The molecule has 1 aliphatic heterocycles. The van der Waals surface area contributed by atoms with Crippen LogP contribution in [0.5, 0.6) is 0 Å². The zero-order valence-corrected chi connectivity index (χ0v) is 10.9. The summed E-state index contributed by atoms with van der Waals surface area (Å²) in [5.74, 6) is 0. The van der Waals surface area contributed by atoms with Crippen LogP contribution in [-0.2, 0) is 6.61 Å². The molecule has 2 unspecified atom stereocenters. The molecule has 0 aromatic heterocycles. The van der Waals surface area contributed by atoms with Gasteiger partial charge in [-0.15, -0.1) is 0 Å². The van der Waals surface area contributed by atoms with Gasteiger partial charge in [0.25, 0.3) is 0 Å². The molecule has 1 heterocycles. The van der Waals surface area contributed by atoms with Gasteiger partial charge in [0.1, 0.15) is 0 Å². The first-order valence-corrected chi connectivity index (χ1v) is 6.28. The molecular weight excluding hydrogens is 212 g/mol. The molecule has 1 saturated heterocycles. The summed E-state index contributed by atoms with van der Waals surface area (Å²) in [6, 6.07) is 9.38. The number of likely N-dealkylation sites (N-methyl/N-ethyl adjacent to an activating group) is 1. The standard InChI is InChI=1S/C14H22N2O/c1-11-8-16(9-12(2)15(11)3)14-6-4-13(10-17)5-7-14/h4-7,11-12,17H,8-10H2,1-3H3. The molecule has 0 aliphatic carbocycles. The molecule has 0 amide bonds. The maximum absolute atomic E-state index is 9.04. The molecule has 0 spiro atoms. The van der Waals surface area contributed by atoms with E-state index in [-0.39, 0.29) is 6.61 Å². The van der Waals surface area contributed by atoms with E-state index >= 15 is 0 Å². The highest BCUT2D eigenvalue weighted by molar-refractivity contribution is 5.48. The fourth-order valence-corrected chi connectivity index (χ4v) is 2.43. The summed E-state index contributed by atoms with van der Waals surface area (Å²) in [4.78, 5) is 4.86. The SMILES string of the molecule is CC1CN(c2ccc(CO)cc2)CC(C)N1C. The third kappa shape index (κ3) is 2.61. The molecule has 94 valence electrons. The molecule has 2 rings (SSSR count). The minimum absolute atomic E-state index is 0.121. The first kappa shape index (κ1) is 12.4. The van der Waals surface area contributed by atoms with Gasteiger partial charge in [0.2, 0.25) is 0 Å². The van der Waals surface area contributed by atoms with Crippen LogP contribution in [0, 0.1) is 0 Å². The van der Waals surface area contributed by atoms with Crippen LogP contribution in [0.2, 0.25) is 0 Å². The number of hydrogen-bond acceptors (Lipinski definition) is 3. The lowest BCUT2D eigenvalue weighted by atomic mass is 10.1. The molecule has 0 saturated carbocycles. The van der Waals surface area contributed by atoms with Gasteiger partial charge < -0.3 is 10.0 Å². The van der Waals surface area contributed by atoms with E-state index in [0.29, 0.717) is 12.1 Å². The molecule has 1 aromatic rings. The molecule has 0 bridgehead atoms. The van der Waals surface area contributed by atoms with E-state index in [1.54, 1.807) is 0 Å². The Morgan fingerprint density at radius 3 is 2.12 bits per heavy atom. The summed E-state index contributed by atoms with van der Waals surface area (Å²) in [5.41, 5.74) is 2.23. The maximum Gasteiger partial charge on any atom is 0.0681 e. The number of hydrogen-bond donors (Lipinski definition) is 1. The molecule has 1 aliphatic rings. The van der Waals surface area contributed by atoms with Crippen LogP contribution in [0.15, 0.2) is 24.3 Å². The highest BCUT2D eigenvalue weighted by Crippen LogP contribution is 2.21. The number of rotatable bonds is 2. The highest BCUT2D eigenvalue weighted by Gasteiger charge is 2.26. The summed E-state index contributed by atoms with van der Waals surface area (Å²) >= 11 is 0. The van der Waals surface area contributed by atoms with Gasteiger partial charge >= 0.3 is 0 Å². The van der Waals surface area contributed by atoms with E-state index in [1.165, 1.54) is 5.69 Å². The number of nitrogens with zero attached hydrogens (tertiary/aromatic N) is 2. The van der Waals surface area contributed by atoms with Crippen LogP contribution >= 0.6 is 0 Å². The molecule has 17 heavy (non-hydrogen) atoms. The Bertz CT molecular complexity index is 351. The van der Waals surface area contributed by atoms with Gasteiger partial charge in [-0.3, -0.25) is 4.90 Å². The Kier molecular flexibility index (Phi) is 3.69. The van der Waals surface area contributed by atoms with E-state index < -0.39 is 0 Å². The third-order valence-electron chi connectivity index (χ3n) is 3.84. The average Bonchev–Trinajstić information content (AvgIpc) is 2.35. The monoisotopic (exact) mass is 234 g/mol. The van der Waals surface area contributed by atoms with Gasteiger partial charge in [0.05, 0.1) is 6.61 Å². The van der Waals surface area contributed by atoms with Crippen LogP contribution in [0.4, 0.5) is 5.69 Å². The Hall–Kier alpha value is -1.06. The fraction of sp³-hybridized carbons (Fsp3) is 0.571. The Balaban J connectivity index is 2.11. The Labute approximate surface area is 104 Å².